The molecule has 1 unspecified atom stereocenters. The number of benzene rings is 1. The maximum atomic E-state index is 12.7. The Kier molecular flexibility index (Phi) is 5.07. The molecule has 2 amide bonds. The van der Waals surface area contributed by atoms with E-state index in [0.29, 0.717) is 24.6 Å². The first-order chi connectivity index (χ1) is 13.1. The van der Waals surface area contributed by atoms with Gasteiger partial charge in [0.1, 0.15) is 6.04 Å². The van der Waals surface area contributed by atoms with Crippen LogP contribution in [0.3, 0.4) is 0 Å². The van der Waals surface area contributed by atoms with Crippen molar-refractivity contribution in [1.29, 1.82) is 0 Å². The molecule has 1 aromatic heterocycles. The van der Waals surface area contributed by atoms with E-state index in [1.54, 1.807) is 4.90 Å². The number of hydrogen-bond donors (Lipinski definition) is 1. The average Bonchev–Trinajstić information content (AvgIpc) is 3.39. The predicted molar refractivity (Wildman–Crippen MR) is 105 cm³/mol. The van der Waals surface area contributed by atoms with Gasteiger partial charge in [-0.15, -0.1) is 10.2 Å². The maximum Gasteiger partial charge on any atom is 0.243 e. The average molecular weight is 385 g/mol. The third-order valence-electron chi connectivity index (χ3n) is 5.06. The van der Waals surface area contributed by atoms with Gasteiger partial charge < -0.3 is 10.2 Å². The van der Waals surface area contributed by atoms with Crippen LogP contribution in [0, 0.1) is 6.92 Å². The van der Waals surface area contributed by atoms with Crippen LogP contribution < -0.4 is 15.1 Å². The predicted octanol–water partition coefficient (Wildman–Crippen LogP) is 2.26. The number of carbonyl (C=O) groups excluding carboxylic acids is 2. The topological polar surface area (TPSA) is 78.4 Å². The first-order valence-electron chi connectivity index (χ1n) is 9.35. The molecule has 4 rings (SSSR count). The third-order valence-corrected chi connectivity index (χ3v) is 6.04. The maximum absolute atomic E-state index is 12.7. The lowest BCUT2D eigenvalue weighted by molar-refractivity contribution is -0.122. The Morgan fingerprint density at radius 3 is 2.89 bits per heavy atom. The Morgan fingerprint density at radius 2 is 2.11 bits per heavy atom. The lowest BCUT2D eigenvalue weighted by atomic mass is 10.1. The van der Waals surface area contributed by atoms with Crippen molar-refractivity contribution in [3.05, 3.63) is 35.4 Å². The summed E-state index contributed by atoms with van der Waals surface area (Å²) >= 11 is 1.40. The molecule has 142 valence electrons. The molecule has 7 nitrogen and oxygen atoms in total. The molecular weight excluding hydrogens is 362 g/mol. The molecule has 0 aliphatic carbocycles. The number of aryl methyl sites for hydroxylation is 1. The van der Waals surface area contributed by atoms with Crippen LogP contribution in [0.25, 0.3) is 0 Å². The summed E-state index contributed by atoms with van der Waals surface area (Å²) in [5.41, 5.74) is 2.28. The Balaban J connectivity index is 1.42. The second kappa shape index (κ2) is 7.64. The van der Waals surface area contributed by atoms with Crippen LogP contribution in [0.5, 0.6) is 0 Å². The van der Waals surface area contributed by atoms with E-state index >= 15 is 0 Å². The van der Waals surface area contributed by atoms with Crippen LogP contribution >= 0.6 is 11.3 Å². The van der Waals surface area contributed by atoms with E-state index in [1.165, 1.54) is 16.9 Å². The Hall–Kier alpha value is -2.48. The van der Waals surface area contributed by atoms with Crippen LogP contribution in [0.4, 0.5) is 10.3 Å². The number of rotatable bonds is 5. The summed E-state index contributed by atoms with van der Waals surface area (Å²) < 4.78 is 0. The van der Waals surface area contributed by atoms with Gasteiger partial charge in [0.25, 0.3) is 0 Å². The summed E-state index contributed by atoms with van der Waals surface area (Å²) in [6.07, 6.45) is 3.18. The molecule has 2 aliphatic heterocycles. The number of nitrogens with zero attached hydrogens (tertiary/aromatic N) is 4. The van der Waals surface area contributed by atoms with Gasteiger partial charge in [0.05, 0.1) is 0 Å². The Bertz CT molecular complexity index is 852. The Morgan fingerprint density at radius 1 is 1.26 bits per heavy atom. The normalized spacial score (nSPS) is 19.7. The second-order valence-corrected chi connectivity index (χ2v) is 8.01. The number of anilines is 2. The minimum atomic E-state index is -0.232. The SMILES string of the molecule is Cc1cccc(CNC(=O)C2CCCN2c2nnc(N3CCCC3=O)s2)c1. The molecule has 0 spiro atoms. The van der Waals surface area contributed by atoms with Gasteiger partial charge in [-0.25, -0.2) is 0 Å². The van der Waals surface area contributed by atoms with Gasteiger partial charge in [-0.3, -0.25) is 14.5 Å². The highest BCUT2D eigenvalue weighted by molar-refractivity contribution is 7.19. The van der Waals surface area contributed by atoms with Gasteiger partial charge in [-0.05, 0) is 31.7 Å². The van der Waals surface area contributed by atoms with E-state index in [-0.39, 0.29) is 17.9 Å². The molecule has 0 radical (unpaired) electrons. The summed E-state index contributed by atoms with van der Waals surface area (Å²) in [5.74, 6) is 0.120. The number of nitrogens with one attached hydrogen (secondary N) is 1. The van der Waals surface area contributed by atoms with Gasteiger partial charge in [0, 0.05) is 26.1 Å². The molecule has 2 fully saturated rings. The minimum Gasteiger partial charge on any atom is -0.350 e. The summed E-state index contributed by atoms with van der Waals surface area (Å²) in [7, 11) is 0. The van der Waals surface area contributed by atoms with Gasteiger partial charge in [0.2, 0.25) is 22.1 Å². The molecule has 2 aromatic rings. The van der Waals surface area contributed by atoms with Crippen molar-refractivity contribution >= 4 is 33.4 Å². The van der Waals surface area contributed by atoms with Gasteiger partial charge in [-0.1, -0.05) is 41.2 Å². The fourth-order valence-electron chi connectivity index (χ4n) is 3.68. The lowest BCUT2D eigenvalue weighted by Crippen LogP contribution is -2.43. The van der Waals surface area contributed by atoms with Crippen molar-refractivity contribution in [2.24, 2.45) is 0 Å². The standard InChI is InChI=1S/C19H23N5O2S/c1-13-5-2-6-14(11-13)12-20-17(26)15-7-3-9-23(15)18-21-22-19(27-18)24-10-4-8-16(24)25/h2,5-6,11,15H,3-4,7-10,12H2,1H3,(H,20,26). The van der Waals surface area contributed by atoms with E-state index in [9.17, 15) is 9.59 Å². The van der Waals surface area contributed by atoms with E-state index in [1.807, 2.05) is 30.0 Å². The molecule has 1 aromatic carbocycles. The van der Waals surface area contributed by atoms with Gasteiger partial charge in [-0.2, -0.15) is 0 Å². The first-order valence-corrected chi connectivity index (χ1v) is 10.2. The van der Waals surface area contributed by atoms with Gasteiger partial charge >= 0.3 is 0 Å². The second-order valence-electron chi connectivity index (χ2n) is 7.07. The molecule has 0 bridgehead atoms. The molecule has 2 aliphatic rings. The molecule has 0 saturated carbocycles. The Labute approximate surface area is 162 Å². The first kappa shape index (κ1) is 17.9. The van der Waals surface area contributed by atoms with E-state index < -0.39 is 0 Å². The number of hydrogen-bond acceptors (Lipinski definition) is 6. The zero-order valence-corrected chi connectivity index (χ0v) is 16.2. The van der Waals surface area contributed by atoms with Crippen LogP contribution in [0.2, 0.25) is 0 Å². The van der Waals surface area contributed by atoms with Crippen molar-refractivity contribution in [2.75, 3.05) is 22.9 Å². The highest BCUT2D eigenvalue weighted by Gasteiger charge is 2.34. The number of carbonyl (C=O) groups is 2. The molecule has 27 heavy (non-hydrogen) atoms. The minimum absolute atomic E-state index is 0.0167. The fourth-order valence-corrected chi connectivity index (χ4v) is 4.65. The van der Waals surface area contributed by atoms with E-state index in [2.05, 4.69) is 21.6 Å². The van der Waals surface area contributed by atoms with E-state index in [0.717, 1.165) is 36.5 Å². The van der Waals surface area contributed by atoms with Crippen molar-refractivity contribution in [2.45, 2.75) is 45.2 Å². The van der Waals surface area contributed by atoms with Crippen LogP contribution in [0.15, 0.2) is 24.3 Å². The summed E-state index contributed by atoms with van der Waals surface area (Å²) in [4.78, 5) is 28.4. The molecule has 1 atom stereocenters. The van der Waals surface area contributed by atoms with Crippen molar-refractivity contribution < 1.29 is 9.59 Å². The zero-order valence-electron chi connectivity index (χ0n) is 15.4. The molecule has 8 heteroatoms. The van der Waals surface area contributed by atoms with E-state index in [4.69, 9.17) is 0 Å². The number of aromatic nitrogens is 2. The van der Waals surface area contributed by atoms with Gasteiger partial charge in [0.15, 0.2) is 0 Å². The fraction of sp³-hybridized carbons (Fsp3) is 0.474. The lowest BCUT2D eigenvalue weighted by Gasteiger charge is -2.22. The monoisotopic (exact) mass is 385 g/mol. The van der Waals surface area contributed by atoms with Crippen LogP contribution in [0.1, 0.15) is 36.8 Å². The third kappa shape index (κ3) is 3.80. The molecule has 3 heterocycles. The summed E-state index contributed by atoms with van der Waals surface area (Å²) in [6.45, 7) is 4.05. The molecular formula is C19H23N5O2S. The largest absolute Gasteiger partial charge is 0.350 e. The molecule has 1 N–H and O–H groups in total. The highest BCUT2D eigenvalue weighted by Crippen LogP contribution is 2.33. The summed E-state index contributed by atoms with van der Waals surface area (Å²) in [6, 6.07) is 7.91. The van der Waals surface area contributed by atoms with Crippen LogP contribution in [-0.2, 0) is 16.1 Å². The highest BCUT2D eigenvalue weighted by atomic mass is 32.1. The molecule has 2 saturated heterocycles. The van der Waals surface area contributed by atoms with Crippen molar-refractivity contribution in [3.63, 3.8) is 0 Å². The smallest absolute Gasteiger partial charge is 0.243 e. The number of amides is 2. The zero-order chi connectivity index (χ0) is 18.8. The summed E-state index contributed by atoms with van der Waals surface area (Å²) in [5, 5.41) is 12.9. The van der Waals surface area contributed by atoms with Crippen LogP contribution in [-0.4, -0.2) is 41.1 Å². The van der Waals surface area contributed by atoms with Crippen molar-refractivity contribution in [3.8, 4) is 0 Å². The quantitative estimate of drug-likeness (QED) is 0.854. The van der Waals surface area contributed by atoms with Crippen molar-refractivity contribution in [1.82, 2.24) is 15.5 Å².